The molecule has 0 aromatic heterocycles. The van der Waals surface area contributed by atoms with Gasteiger partial charge < -0.3 is 25.8 Å². The molecule has 0 aliphatic carbocycles. The molecule has 2 rings (SSSR count). The second kappa shape index (κ2) is 6.64. The molecule has 0 amide bonds. The third-order valence-electron chi connectivity index (χ3n) is 3.62. The molecule has 0 saturated carbocycles. The highest BCUT2D eigenvalue weighted by Gasteiger charge is 2.33. The van der Waals surface area contributed by atoms with E-state index in [0.717, 1.165) is 16.7 Å². The Morgan fingerprint density at radius 3 is 2.86 bits per heavy atom. The van der Waals surface area contributed by atoms with E-state index in [1.54, 1.807) is 0 Å². The fourth-order valence-corrected chi connectivity index (χ4v) is 3.14. The predicted octanol–water partition coefficient (Wildman–Crippen LogP) is 1.04. The van der Waals surface area contributed by atoms with Crippen molar-refractivity contribution >= 4 is 27.5 Å². The number of aliphatic hydroxyl groups is 1. The molecule has 1 aromatic rings. The monoisotopic (exact) mass is 356 g/mol. The number of oxime groups is 1. The largest absolute Gasteiger partial charge is 0.409 e. The minimum atomic E-state index is -0.367. The van der Waals surface area contributed by atoms with Crippen LogP contribution in [0.25, 0.3) is 0 Å². The molecule has 116 valence electrons. The number of halogens is 1. The molecule has 0 radical (unpaired) electrons. The summed E-state index contributed by atoms with van der Waals surface area (Å²) in [4.78, 5) is 4.22. The summed E-state index contributed by atoms with van der Waals surface area (Å²) >= 11 is 3.46. The van der Waals surface area contributed by atoms with Gasteiger partial charge in [-0.25, -0.2) is 0 Å². The third kappa shape index (κ3) is 3.66. The topological polar surface area (TPSA) is 85.3 Å². The van der Waals surface area contributed by atoms with Crippen molar-refractivity contribution in [1.29, 1.82) is 0 Å². The Bertz CT molecular complexity index is 536. The van der Waals surface area contributed by atoms with Crippen LogP contribution in [0.15, 0.2) is 27.8 Å². The highest BCUT2D eigenvalue weighted by Crippen LogP contribution is 2.31. The molecule has 1 saturated heterocycles. The quantitative estimate of drug-likeness (QED) is 0.325. The lowest BCUT2D eigenvalue weighted by Gasteiger charge is -2.30. The number of hydrogen-bond acceptors (Lipinski definition) is 5. The molecule has 7 heteroatoms. The number of rotatable bonds is 4. The van der Waals surface area contributed by atoms with Gasteiger partial charge in [0.15, 0.2) is 5.84 Å². The maximum absolute atomic E-state index is 10.0. The summed E-state index contributed by atoms with van der Waals surface area (Å²) in [7, 11) is 4.02. The SMILES string of the molecule is CN(C)CC1CC(O)CN1c1cc(Br)ccc1/C(N)=N/O. The fourth-order valence-electron chi connectivity index (χ4n) is 2.79. The van der Waals surface area contributed by atoms with Gasteiger partial charge in [-0.2, -0.15) is 0 Å². The van der Waals surface area contributed by atoms with Crippen LogP contribution in [0.1, 0.15) is 12.0 Å². The van der Waals surface area contributed by atoms with Gasteiger partial charge in [0.25, 0.3) is 0 Å². The second-order valence-corrected chi connectivity index (χ2v) is 6.52. The fraction of sp³-hybridized carbons (Fsp3) is 0.500. The Kier molecular flexibility index (Phi) is 5.08. The normalized spacial score (nSPS) is 23.1. The first-order valence-electron chi connectivity index (χ1n) is 6.79. The van der Waals surface area contributed by atoms with Crippen LogP contribution in [0.5, 0.6) is 0 Å². The van der Waals surface area contributed by atoms with Crippen LogP contribution in [0.2, 0.25) is 0 Å². The Labute approximate surface area is 133 Å². The zero-order valence-electron chi connectivity index (χ0n) is 12.2. The van der Waals surface area contributed by atoms with Crippen molar-refractivity contribution < 1.29 is 10.3 Å². The van der Waals surface area contributed by atoms with Crippen LogP contribution in [-0.4, -0.2) is 60.4 Å². The van der Waals surface area contributed by atoms with Crippen molar-refractivity contribution in [3.63, 3.8) is 0 Å². The van der Waals surface area contributed by atoms with Crippen LogP contribution in [-0.2, 0) is 0 Å². The van der Waals surface area contributed by atoms with Crippen molar-refractivity contribution in [2.45, 2.75) is 18.6 Å². The lowest BCUT2D eigenvalue weighted by atomic mass is 10.1. The maximum Gasteiger partial charge on any atom is 0.172 e. The molecule has 0 bridgehead atoms. The third-order valence-corrected chi connectivity index (χ3v) is 4.11. The van der Waals surface area contributed by atoms with Gasteiger partial charge in [0, 0.05) is 34.9 Å². The number of anilines is 1. The number of aliphatic hydroxyl groups excluding tert-OH is 1. The summed E-state index contributed by atoms with van der Waals surface area (Å²) in [6.07, 6.45) is 0.342. The van der Waals surface area contributed by atoms with Crippen LogP contribution < -0.4 is 10.6 Å². The second-order valence-electron chi connectivity index (χ2n) is 5.60. The average molecular weight is 357 g/mol. The van der Waals surface area contributed by atoms with Crippen LogP contribution in [0, 0.1) is 0 Å². The molecule has 0 spiro atoms. The van der Waals surface area contributed by atoms with E-state index in [2.05, 4.69) is 30.9 Å². The molecule has 6 nitrogen and oxygen atoms in total. The Morgan fingerprint density at radius 1 is 1.52 bits per heavy atom. The van der Waals surface area contributed by atoms with E-state index >= 15 is 0 Å². The van der Waals surface area contributed by atoms with Gasteiger partial charge in [-0.05, 0) is 38.7 Å². The predicted molar refractivity (Wildman–Crippen MR) is 87.0 cm³/mol. The van der Waals surface area contributed by atoms with E-state index in [1.165, 1.54) is 0 Å². The number of nitrogens with zero attached hydrogens (tertiary/aromatic N) is 3. The van der Waals surface area contributed by atoms with Gasteiger partial charge in [0.05, 0.1) is 6.10 Å². The highest BCUT2D eigenvalue weighted by atomic mass is 79.9. The summed E-state index contributed by atoms with van der Waals surface area (Å²) in [6.45, 7) is 1.37. The van der Waals surface area contributed by atoms with Crippen molar-refractivity contribution in [1.82, 2.24) is 4.90 Å². The molecule has 2 unspecified atom stereocenters. The van der Waals surface area contributed by atoms with Crippen LogP contribution >= 0.6 is 15.9 Å². The summed E-state index contributed by atoms with van der Waals surface area (Å²) in [5.41, 5.74) is 7.31. The first-order valence-corrected chi connectivity index (χ1v) is 7.58. The number of hydrogen-bond donors (Lipinski definition) is 3. The van der Waals surface area contributed by atoms with E-state index < -0.39 is 0 Å². The number of nitrogens with two attached hydrogens (primary N) is 1. The number of amidine groups is 1. The first kappa shape index (κ1) is 16.1. The summed E-state index contributed by atoms with van der Waals surface area (Å²) in [6, 6.07) is 5.79. The lowest BCUT2D eigenvalue weighted by Crippen LogP contribution is -2.38. The molecule has 2 atom stereocenters. The molecule has 1 aromatic carbocycles. The van der Waals surface area contributed by atoms with Gasteiger partial charge in [0.1, 0.15) is 0 Å². The summed E-state index contributed by atoms with van der Waals surface area (Å²) in [5, 5.41) is 22.1. The average Bonchev–Trinajstić information content (AvgIpc) is 2.77. The van der Waals surface area contributed by atoms with Crippen molar-refractivity contribution in [3.8, 4) is 0 Å². The molecule has 21 heavy (non-hydrogen) atoms. The van der Waals surface area contributed by atoms with Gasteiger partial charge in [0.2, 0.25) is 0 Å². The molecule has 1 heterocycles. The maximum atomic E-state index is 10.0. The minimum absolute atomic E-state index is 0.0718. The Morgan fingerprint density at radius 2 is 2.24 bits per heavy atom. The molecule has 1 fully saturated rings. The number of benzene rings is 1. The van der Waals surface area contributed by atoms with Gasteiger partial charge >= 0.3 is 0 Å². The molecule has 1 aliphatic rings. The van der Waals surface area contributed by atoms with Crippen LogP contribution in [0.4, 0.5) is 5.69 Å². The molecular weight excluding hydrogens is 336 g/mol. The summed E-state index contributed by atoms with van der Waals surface area (Å²) in [5.74, 6) is 0.0718. The standard InChI is InChI=1S/C14H21BrN4O2/c1-18(2)7-10-6-11(20)8-19(10)13-5-9(15)3-4-12(13)14(16)17-21/h3-5,10-11,20-21H,6-8H2,1-2H3,(H2,16,17). The number of β-amino-alcohol motifs (C(OH)–C–C–N with tert-alkyl or cyclic N) is 1. The zero-order valence-corrected chi connectivity index (χ0v) is 13.8. The minimum Gasteiger partial charge on any atom is -0.409 e. The highest BCUT2D eigenvalue weighted by molar-refractivity contribution is 9.10. The molecule has 4 N–H and O–H groups in total. The van der Waals surface area contributed by atoms with E-state index in [1.807, 2.05) is 32.3 Å². The smallest absolute Gasteiger partial charge is 0.172 e. The van der Waals surface area contributed by atoms with Crippen molar-refractivity contribution in [3.05, 3.63) is 28.2 Å². The van der Waals surface area contributed by atoms with Gasteiger partial charge in [-0.1, -0.05) is 21.1 Å². The van der Waals surface area contributed by atoms with Crippen molar-refractivity contribution in [2.24, 2.45) is 10.9 Å². The lowest BCUT2D eigenvalue weighted by molar-refractivity contribution is 0.191. The summed E-state index contributed by atoms with van der Waals surface area (Å²) < 4.78 is 0.914. The van der Waals surface area contributed by atoms with Crippen molar-refractivity contribution in [2.75, 3.05) is 32.1 Å². The first-order chi connectivity index (χ1) is 9.92. The van der Waals surface area contributed by atoms with Crippen LogP contribution in [0.3, 0.4) is 0 Å². The van der Waals surface area contributed by atoms with E-state index in [9.17, 15) is 5.11 Å². The molecule has 1 aliphatic heterocycles. The Balaban J connectivity index is 2.41. The number of likely N-dealkylation sites (N-methyl/N-ethyl adjacent to an activating group) is 1. The van der Waals surface area contributed by atoms with Gasteiger partial charge in [-0.3, -0.25) is 0 Å². The Hall–Kier alpha value is -1.31. The van der Waals surface area contributed by atoms with E-state index in [-0.39, 0.29) is 18.0 Å². The van der Waals surface area contributed by atoms with E-state index in [0.29, 0.717) is 18.5 Å². The zero-order chi connectivity index (χ0) is 15.6. The van der Waals surface area contributed by atoms with Gasteiger partial charge in [-0.15, -0.1) is 0 Å². The molecular formula is C14H21BrN4O2. The van der Waals surface area contributed by atoms with E-state index in [4.69, 9.17) is 10.9 Å².